The summed E-state index contributed by atoms with van der Waals surface area (Å²) in [5.41, 5.74) is -0.0181. The van der Waals surface area contributed by atoms with Crippen molar-refractivity contribution in [1.29, 1.82) is 0 Å². The van der Waals surface area contributed by atoms with Crippen molar-refractivity contribution in [2.45, 2.75) is 50.7 Å². The predicted molar refractivity (Wildman–Crippen MR) is 90.3 cm³/mol. The first kappa shape index (κ1) is 19.2. The highest BCUT2D eigenvalue weighted by molar-refractivity contribution is 7.89. The Bertz CT molecular complexity index is 769. The summed E-state index contributed by atoms with van der Waals surface area (Å²) in [6, 6.07) is 5.25. The number of esters is 1. The number of aryl methyl sites for hydroxylation is 1. The van der Waals surface area contributed by atoms with E-state index in [1.165, 1.54) is 19.2 Å². The smallest absolute Gasteiger partial charge is 0.424 e. The Morgan fingerprint density at radius 2 is 1.84 bits per heavy atom. The zero-order valence-corrected chi connectivity index (χ0v) is 15.8. The number of methoxy groups -OCH3 is 1. The largest absolute Gasteiger partial charge is 0.469 e. The second-order valence-electron chi connectivity index (χ2n) is 6.72. The van der Waals surface area contributed by atoms with Crippen LogP contribution >= 0.6 is 0 Å². The van der Waals surface area contributed by atoms with E-state index in [-0.39, 0.29) is 11.3 Å². The molecular formula is C17H23NO6S. The zero-order valence-electron chi connectivity index (χ0n) is 15.0. The summed E-state index contributed by atoms with van der Waals surface area (Å²) in [5.74, 6) is -1.00. The summed E-state index contributed by atoms with van der Waals surface area (Å²) in [5, 5.41) is 0. The predicted octanol–water partition coefficient (Wildman–Crippen LogP) is 2.48. The lowest BCUT2D eigenvalue weighted by Crippen LogP contribution is -2.60. The second kappa shape index (κ2) is 6.67. The number of hydrogen-bond acceptors (Lipinski definition) is 6. The molecule has 0 radical (unpaired) electrons. The fourth-order valence-corrected chi connectivity index (χ4v) is 4.33. The van der Waals surface area contributed by atoms with Crippen molar-refractivity contribution in [3.8, 4) is 0 Å². The van der Waals surface area contributed by atoms with Crippen molar-refractivity contribution >= 4 is 22.1 Å². The number of amides is 1. The maximum atomic E-state index is 13.0. The van der Waals surface area contributed by atoms with Crippen molar-refractivity contribution in [1.82, 2.24) is 4.31 Å². The highest BCUT2D eigenvalue weighted by Crippen LogP contribution is 2.37. The molecule has 1 heterocycles. The second-order valence-corrected chi connectivity index (χ2v) is 8.54. The molecule has 1 fully saturated rings. The molecule has 2 atom stereocenters. The zero-order chi connectivity index (χ0) is 19.0. The van der Waals surface area contributed by atoms with Gasteiger partial charge in [-0.05, 0) is 32.9 Å². The molecule has 0 spiro atoms. The van der Waals surface area contributed by atoms with Crippen molar-refractivity contribution in [3.63, 3.8) is 0 Å². The average molecular weight is 369 g/mol. The Balaban J connectivity index is 2.51. The number of sulfonamides is 1. The van der Waals surface area contributed by atoms with Crippen LogP contribution in [-0.4, -0.2) is 43.5 Å². The fourth-order valence-electron chi connectivity index (χ4n) is 2.78. The van der Waals surface area contributed by atoms with E-state index in [1.807, 2.05) is 6.92 Å². The summed E-state index contributed by atoms with van der Waals surface area (Å²) in [7, 11) is -2.94. The van der Waals surface area contributed by atoms with E-state index in [1.54, 1.807) is 32.9 Å². The van der Waals surface area contributed by atoms with Gasteiger partial charge >= 0.3 is 12.1 Å². The lowest BCUT2D eigenvalue weighted by molar-refractivity contribution is -0.144. The summed E-state index contributed by atoms with van der Waals surface area (Å²) in [6.07, 6.45) is -1.22. The molecule has 138 valence electrons. The standard InChI is InChI=1S/C17H23NO6S/c1-11-6-8-13(9-7-11)25(21,22)18-14(10-15(19)23-5)12(2)17(3,4)24-16(18)20/h6-9,12,14H,10H2,1-5H3/t12-,14-/m0/s1. The van der Waals surface area contributed by atoms with Crippen molar-refractivity contribution in [2.24, 2.45) is 5.92 Å². The van der Waals surface area contributed by atoms with Crippen LogP contribution < -0.4 is 0 Å². The SMILES string of the molecule is COC(=O)C[C@H]1[C@H](C)C(C)(C)OC(=O)N1S(=O)(=O)c1ccc(C)cc1. The Hall–Kier alpha value is -2.09. The monoisotopic (exact) mass is 369 g/mol. The number of carbonyl (C=O) groups excluding carboxylic acids is 2. The topological polar surface area (TPSA) is 90.0 Å². The Kier molecular flexibility index (Phi) is 5.13. The van der Waals surface area contributed by atoms with Crippen molar-refractivity contribution in [3.05, 3.63) is 29.8 Å². The third kappa shape index (κ3) is 3.63. The van der Waals surface area contributed by atoms with Gasteiger partial charge in [0, 0.05) is 5.92 Å². The molecule has 0 unspecified atom stereocenters. The van der Waals surface area contributed by atoms with Gasteiger partial charge in [-0.25, -0.2) is 13.2 Å². The number of cyclic esters (lactones) is 1. The molecule has 0 bridgehead atoms. The average Bonchev–Trinajstić information content (AvgIpc) is 2.51. The van der Waals surface area contributed by atoms with Crippen LogP contribution in [0.25, 0.3) is 0 Å². The van der Waals surface area contributed by atoms with Crippen LogP contribution in [-0.2, 0) is 24.3 Å². The van der Waals surface area contributed by atoms with Gasteiger partial charge in [-0.3, -0.25) is 4.79 Å². The van der Waals surface area contributed by atoms with Crippen LogP contribution in [0.2, 0.25) is 0 Å². The molecule has 1 aromatic carbocycles. The van der Waals surface area contributed by atoms with Crippen molar-refractivity contribution < 1.29 is 27.5 Å². The molecule has 1 aliphatic heterocycles. The molecule has 7 nitrogen and oxygen atoms in total. The third-order valence-electron chi connectivity index (χ3n) is 4.69. The van der Waals surface area contributed by atoms with E-state index in [0.29, 0.717) is 4.31 Å². The number of hydrogen-bond donors (Lipinski definition) is 0. The van der Waals surface area contributed by atoms with E-state index in [2.05, 4.69) is 4.74 Å². The molecule has 1 saturated heterocycles. The van der Waals surface area contributed by atoms with Gasteiger partial charge in [0.15, 0.2) is 0 Å². The molecule has 1 aromatic rings. The summed E-state index contributed by atoms with van der Waals surface area (Å²) < 4.78 is 36.7. The number of nitrogens with zero attached hydrogens (tertiary/aromatic N) is 1. The maximum Gasteiger partial charge on any atom is 0.424 e. The first-order valence-corrected chi connectivity index (χ1v) is 9.35. The molecule has 0 saturated carbocycles. The third-order valence-corrected chi connectivity index (χ3v) is 6.49. The minimum atomic E-state index is -4.16. The van der Waals surface area contributed by atoms with Crippen LogP contribution in [0.3, 0.4) is 0 Å². The quantitative estimate of drug-likeness (QED) is 0.758. The summed E-state index contributed by atoms with van der Waals surface area (Å²) >= 11 is 0. The maximum absolute atomic E-state index is 13.0. The van der Waals surface area contributed by atoms with Gasteiger partial charge in [-0.2, -0.15) is 4.31 Å². The molecule has 0 aromatic heterocycles. The van der Waals surface area contributed by atoms with Gasteiger partial charge in [0.2, 0.25) is 0 Å². The highest BCUT2D eigenvalue weighted by atomic mass is 32.2. The molecule has 1 aliphatic rings. The van der Waals surface area contributed by atoms with Crippen LogP contribution in [0.5, 0.6) is 0 Å². The molecular weight excluding hydrogens is 346 g/mol. The minimum absolute atomic E-state index is 0.0307. The molecule has 0 N–H and O–H groups in total. The van der Waals surface area contributed by atoms with Gasteiger partial charge in [-0.15, -0.1) is 0 Å². The van der Waals surface area contributed by atoms with Gasteiger partial charge in [0.1, 0.15) is 5.60 Å². The molecule has 25 heavy (non-hydrogen) atoms. The van der Waals surface area contributed by atoms with Crippen LogP contribution in [0.4, 0.5) is 4.79 Å². The summed E-state index contributed by atoms with van der Waals surface area (Å²) in [6.45, 7) is 6.96. The Morgan fingerprint density at radius 1 is 1.28 bits per heavy atom. The fraction of sp³-hybridized carbons (Fsp3) is 0.529. The lowest BCUT2D eigenvalue weighted by Gasteiger charge is -2.46. The van der Waals surface area contributed by atoms with E-state index in [0.717, 1.165) is 5.56 Å². The van der Waals surface area contributed by atoms with Gasteiger partial charge in [-0.1, -0.05) is 24.6 Å². The van der Waals surface area contributed by atoms with Crippen LogP contribution in [0.15, 0.2) is 29.2 Å². The Labute approximate surface area is 148 Å². The molecule has 0 aliphatic carbocycles. The normalized spacial score (nSPS) is 23.1. The number of carbonyl (C=O) groups is 2. The van der Waals surface area contributed by atoms with Gasteiger partial charge in [0.05, 0.1) is 24.5 Å². The van der Waals surface area contributed by atoms with Gasteiger partial charge in [0.25, 0.3) is 10.0 Å². The first-order chi connectivity index (χ1) is 11.5. The lowest BCUT2D eigenvalue weighted by atomic mass is 9.83. The summed E-state index contributed by atoms with van der Waals surface area (Å²) in [4.78, 5) is 24.3. The van der Waals surface area contributed by atoms with E-state index in [9.17, 15) is 18.0 Å². The van der Waals surface area contributed by atoms with E-state index in [4.69, 9.17) is 4.74 Å². The van der Waals surface area contributed by atoms with Crippen LogP contribution in [0.1, 0.15) is 32.8 Å². The van der Waals surface area contributed by atoms with Gasteiger partial charge < -0.3 is 9.47 Å². The molecule has 8 heteroatoms. The van der Waals surface area contributed by atoms with E-state index < -0.39 is 39.6 Å². The minimum Gasteiger partial charge on any atom is -0.469 e. The number of rotatable bonds is 4. The van der Waals surface area contributed by atoms with Crippen LogP contribution in [0, 0.1) is 12.8 Å². The number of ether oxygens (including phenoxy) is 2. The van der Waals surface area contributed by atoms with E-state index >= 15 is 0 Å². The number of benzene rings is 1. The highest BCUT2D eigenvalue weighted by Gasteiger charge is 2.51. The molecule has 1 amide bonds. The first-order valence-electron chi connectivity index (χ1n) is 7.91. The van der Waals surface area contributed by atoms with Crippen molar-refractivity contribution in [2.75, 3.05) is 7.11 Å². The molecule has 2 rings (SSSR count). The Morgan fingerprint density at radius 3 is 2.36 bits per heavy atom.